The summed E-state index contributed by atoms with van der Waals surface area (Å²) in [6, 6.07) is 5.23. The maximum absolute atomic E-state index is 12.3. The average Bonchev–Trinajstić information content (AvgIpc) is 3.08. The third kappa shape index (κ3) is 6.72. The van der Waals surface area contributed by atoms with Gasteiger partial charge in [-0.2, -0.15) is 0 Å². The number of thiocarbonyl (C=S) groups is 1. The molecule has 0 atom stereocenters. The molecule has 0 aliphatic rings. The first-order valence-corrected chi connectivity index (χ1v) is 10.1. The zero-order valence-electron chi connectivity index (χ0n) is 13.9. The highest BCUT2D eigenvalue weighted by Gasteiger charge is 2.11. The highest BCUT2D eigenvalue weighted by atomic mass is 79.9. The molecule has 134 valence electrons. The number of halogens is 1. The molecule has 1 aromatic heterocycles. The molecule has 0 bridgehead atoms. The smallest absolute Gasteiger partial charge is 0.257 e. The van der Waals surface area contributed by atoms with E-state index in [1.807, 2.05) is 5.38 Å². The molecule has 0 aliphatic carbocycles. The first-order chi connectivity index (χ1) is 12.1. The maximum Gasteiger partial charge on any atom is 0.257 e. The van der Waals surface area contributed by atoms with Gasteiger partial charge in [0.2, 0.25) is 0 Å². The van der Waals surface area contributed by atoms with Gasteiger partial charge in [0.25, 0.3) is 5.91 Å². The third-order valence-electron chi connectivity index (χ3n) is 3.33. The molecule has 1 aromatic carbocycles. The standard InChI is InChI=1S/C17H20BrN3O2S2/c1-2-3-4-5-9-23-14-7-6-12(11-13(14)18)15(22)20-16(24)21-17-19-8-10-25-17/h6-8,10-11H,2-5,9H2,1H3,(H2,19,20,21,22,24). The first-order valence-electron chi connectivity index (χ1n) is 8.04. The lowest BCUT2D eigenvalue weighted by atomic mass is 10.2. The second kappa shape index (κ2) is 10.5. The Morgan fingerprint density at radius 2 is 2.20 bits per heavy atom. The predicted octanol–water partition coefficient (Wildman–Crippen LogP) is 4.99. The zero-order chi connectivity index (χ0) is 18.1. The summed E-state index contributed by atoms with van der Waals surface area (Å²) in [7, 11) is 0. The third-order valence-corrected chi connectivity index (χ3v) is 4.84. The van der Waals surface area contributed by atoms with Gasteiger partial charge in [0.15, 0.2) is 10.2 Å². The van der Waals surface area contributed by atoms with Gasteiger partial charge in [0, 0.05) is 17.1 Å². The number of thiazole rings is 1. The van der Waals surface area contributed by atoms with Crippen LogP contribution in [0.5, 0.6) is 5.75 Å². The highest BCUT2D eigenvalue weighted by Crippen LogP contribution is 2.26. The number of unbranched alkanes of at least 4 members (excludes halogenated alkanes) is 3. The van der Waals surface area contributed by atoms with Crippen molar-refractivity contribution in [1.82, 2.24) is 10.3 Å². The maximum atomic E-state index is 12.3. The van der Waals surface area contributed by atoms with Crippen molar-refractivity contribution >= 4 is 55.6 Å². The summed E-state index contributed by atoms with van der Waals surface area (Å²) in [4.78, 5) is 16.3. The van der Waals surface area contributed by atoms with Crippen LogP contribution in [0.2, 0.25) is 0 Å². The number of hydrogen-bond acceptors (Lipinski definition) is 5. The molecular formula is C17H20BrN3O2S2. The van der Waals surface area contributed by atoms with Gasteiger partial charge >= 0.3 is 0 Å². The van der Waals surface area contributed by atoms with Crippen LogP contribution in [0, 0.1) is 0 Å². The van der Waals surface area contributed by atoms with Crippen molar-refractivity contribution in [1.29, 1.82) is 0 Å². The van der Waals surface area contributed by atoms with Crippen LogP contribution in [0.15, 0.2) is 34.2 Å². The van der Waals surface area contributed by atoms with Crippen LogP contribution >= 0.6 is 39.5 Å². The van der Waals surface area contributed by atoms with E-state index in [1.54, 1.807) is 24.4 Å². The van der Waals surface area contributed by atoms with E-state index in [2.05, 4.69) is 38.5 Å². The average molecular weight is 442 g/mol. The Hall–Kier alpha value is -1.51. The van der Waals surface area contributed by atoms with E-state index in [0.717, 1.165) is 23.1 Å². The quantitative estimate of drug-likeness (QED) is 0.446. The van der Waals surface area contributed by atoms with E-state index in [0.29, 0.717) is 17.3 Å². The number of ether oxygens (including phenoxy) is 1. The number of nitrogens with one attached hydrogen (secondary N) is 2. The molecule has 0 aliphatic heterocycles. The van der Waals surface area contributed by atoms with E-state index in [4.69, 9.17) is 17.0 Å². The van der Waals surface area contributed by atoms with Crippen LogP contribution in [0.25, 0.3) is 0 Å². The minimum Gasteiger partial charge on any atom is -0.492 e. The summed E-state index contributed by atoms with van der Waals surface area (Å²) in [6.45, 7) is 2.85. The molecule has 0 fully saturated rings. The van der Waals surface area contributed by atoms with Gasteiger partial charge in [-0.3, -0.25) is 10.1 Å². The molecule has 8 heteroatoms. The lowest BCUT2D eigenvalue weighted by Crippen LogP contribution is -2.34. The van der Waals surface area contributed by atoms with E-state index >= 15 is 0 Å². The molecule has 5 nitrogen and oxygen atoms in total. The molecule has 0 saturated heterocycles. The van der Waals surface area contributed by atoms with Crippen LogP contribution in [0.4, 0.5) is 5.13 Å². The fourth-order valence-electron chi connectivity index (χ4n) is 2.06. The Balaban J connectivity index is 1.85. The Morgan fingerprint density at radius 1 is 1.36 bits per heavy atom. The Bertz CT molecular complexity index is 708. The molecule has 2 aromatic rings. The van der Waals surface area contributed by atoms with Gasteiger partial charge in [-0.1, -0.05) is 26.2 Å². The number of rotatable bonds is 8. The molecule has 0 radical (unpaired) electrons. The summed E-state index contributed by atoms with van der Waals surface area (Å²) < 4.78 is 6.49. The summed E-state index contributed by atoms with van der Waals surface area (Å²) in [6.07, 6.45) is 6.28. The Morgan fingerprint density at radius 3 is 2.88 bits per heavy atom. The summed E-state index contributed by atoms with van der Waals surface area (Å²) in [5, 5.41) is 8.17. The van der Waals surface area contributed by atoms with E-state index in [9.17, 15) is 4.79 Å². The largest absolute Gasteiger partial charge is 0.492 e. The highest BCUT2D eigenvalue weighted by molar-refractivity contribution is 9.10. The second-order valence-electron chi connectivity index (χ2n) is 5.30. The number of carbonyl (C=O) groups is 1. The summed E-state index contributed by atoms with van der Waals surface area (Å²) in [5.41, 5.74) is 0.494. The fourth-order valence-corrected chi connectivity index (χ4v) is 3.34. The van der Waals surface area contributed by atoms with Crippen molar-refractivity contribution in [3.63, 3.8) is 0 Å². The van der Waals surface area contributed by atoms with Crippen LogP contribution in [0.3, 0.4) is 0 Å². The predicted molar refractivity (Wildman–Crippen MR) is 110 cm³/mol. The number of amides is 1. The Kier molecular flexibility index (Phi) is 8.30. The molecule has 0 spiro atoms. The van der Waals surface area contributed by atoms with Crippen LogP contribution in [-0.2, 0) is 0 Å². The van der Waals surface area contributed by atoms with Gasteiger partial charge in [0.05, 0.1) is 11.1 Å². The lowest BCUT2D eigenvalue weighted by molar-refractivity contribution is 0.0977. The van der Waals surface area contributed by atoms with Gasteiger partial charge in [-0.05, 0) is 52.8 Å². The van der Waals surface area contributed by atoms with E-state index < -0.39 is 0 Å². The molecule has 2 rings (SSSR count). The normalized spacial score (nSPS) is 10.3. The number of aromatic nitrogens is 1. The zero-order valence-corrected chi connectivity index (χ0v) is 17.1. The fraction of sp³-hybridized carbons (Fsp3) is 0.353. The molecule has 25 heavy (non-hydrogen) atoms. The number of carbonyl (C=O) groups excluding carboxylic acids is 1. The summed E-state index contributed by atoms with van der Waals surface area (Å²) >= 11 is 9.97. The molecule has 0 unspecified atom stereocenters. The number of anilines is 1. The van der Waals surface area contributed by atoms with Crippen molar-refractivity contribution in [3.05, 3.63) is 39.8 Å². The molecule has 1 heterocycles. The van der Waals surface area contributed by atoms with Crippen LogP contribution in [0.1, 0.15) is 43.0 Å². The van der Waals surface area contributed by atoms with Crippen molar-refractivity contribution in [3.8, 4) is 5.75 Å². The minimum atomic E-state index is -0.288. The summed E-state index contributed by atoms with van der Waals surface area (Å²) in [5.74, 6) is 0.445. The van der Waals surface area contributed by atoms with E-state index in [1.165, 1.54) is 24.2 Å². The number of benzene rings is 1. The van der Waals surface area contributed by atoms with Gasteiger partial charge in [-0.25, -0.2) is 4.98 Å². The van der Waals surface area contributed by atoms with E-state index in [-0.39, 0.29) is 11.0 Å². The van der Waals surface area contributed by atoms with Crippen LogP contribution < -0.4 is 15.4 Å². The monoisotopic (exact) mass is 441 g/mol. The van der Waals surface area contributed by atoms with Crippen molar-refractivity contribution < 1.29 is 9.53 Å². The lowest BCUT2D eigenvalue weighted by Gasteiger charge is -2.11. The van der Waals surface area contributed by atoms with Crippen molar-refractivity contribution in [2.24, 2.45) is 0 Å². The molecular weight excluding hydrogens is 422 g/mol. The number of hydrogen-bond donors (Lipinski definition) is 2. The molecule has 2 N–H and O–H groups in total. The van der Waals surface area contributed by atoms with Gasteiger partial charge in [-0.15, -0.1) is 11.3 Å². The number of nitrogens with zero attached hydrogens (tertiary/aromatic N) is 1. The Labute approximate surface area is 165 Å². The second-order valence-corrected chi connectivity index (χ2v) is 7.46. The van der Waals surface area contributed by atoms with Crippen molar-refractivity contribution in [2.75, 3.05) is 11.9 Å². The topological polar surface area (TPSA) is 63.2 Å². The molecule has 0 saturated carbocycles. The van der Waals surface area contributed by atoms with Crippen molar-refractivity contribution in [2.45, 2.75) is 32.6 Å². The minimum absolute atomic E-state index is 0.215. The SMILES string of the molecule is CCCCCCOc1ccc(C(=O)NC(=S)Nc2nccs2)cc1Br. The van der Waals surface area contributed by atoms with Gasteiger partial charge < -0.3 is 10.1 Å². The first kappa shape index (κ1) is 19.8. The van der Waals surface area contributed by atoms with Gasteiger partial charge in [0.1, 0.15) is 5.75 Å². The molecule has 1 amide bonds. The van der Waals surface area contributed by atoms with Crippen LogP contribution in [-0.4, -0.2) is 22.6 Å².